The van der Waals surface area contributed by atoms with Crippen molar-refractivity contribution in [3.05, 3.63) is 130 Å². The van der Waals surface area contributed by atoms with Crippen LogP contribution in [0.25, 0.3) is 44.3 Å². The zero-order chi connectivity index (χ0) is 48.0. The van der Waals surface area contributed by atoms with Crippen LogP contribution in [0.1, 0.15) is 87.5 Å². The number of nitrogens with one attached hydrogen (secondary N) is 4. The molecule has 0 fully saturated rings. The second-order valence-electron chi connectivity index (χ2n) is 19.3. The van der Waals surface area contributed by atoms with Gasteiger partial charge in [0.1, 0.15) is 35.8 Å². The van der Waals surface area contributed by atoms with Crippen LogP contribution in [0.4, 0.5) is 9.59 Å². The van der Waals surface area contributed by atoms with Crippen molar-refractivity contribution in [3.8, 4) is 22.3 Å². The maximum Gasteiger partial charge on any atom is 0.407 e. The fourth-order valence-electron chi connectivity index (χ4n) is 9.95. The fourth-order valence-corrected chi connectivity index (χ4v) is 9.95. The summed E-state index contributed by atoms with van der Waals surface area (Å²) >= 11 is 0. The van der Waals surface area contributed by atoms with Crippen molar-refractivity contribution >= 4 is 46.1 Å². The molecule has 4 amide bonds. The summed E-state index contributed by atoms with van der Waals surface area (Å²) in [5.41, 5.74) is 15.1. The third-order valence-electron chi connectivity index (χ3n) is 13.6. The number of aromatic amines is 2. The fraction of sp³-hybridized carbons (Fsp3) is 0.370. The van der Waals surface area contributed by atoms with Crippen LogP contribution < -0.4 is 10.6 Å². The van der Waals surface area contributed by atoms with Gasteiger partial charge in [0.25, 0.3) is 0 Å². The number of hydrogen-bond donors (Lipinski definition) is 4. The summed E-state index contributed by atoms with van der Waals surface area (Å²) in [5.74, 6) is 0.701. The number of alkyl carbamates (subject to hydrolysis) is 2. The molecule has 6 aromatic rings. The first-order valence-electron chi connectivity index (χ1n) is 23.6. The third kappa shape index (κ3) is 9.11. The number of benzene rings is 4. The lowest BCUT2D eigenvalue weighted by molar-refractivity contribution is -0.135. The van der Waals surface area contributed by atoms with Crippen molar-refractivity contribution in [2.45, 2.75) is 91.4 Å². The number of hydrogen-bond acceptors (Lipinski definition) is 8. The molecule has 0 radical (unpaired) electrons. The van der Waals surface area contributed by atoms with Gasteiger partial charge in [0.2, 0.25) is 11.8 Å². The lowest BCUT2D eigenvalue weighted by Crippen LogP contribution is -2.51. The number of nitrogens with zero attached hydrogens (tertiary/aromatic N) is 4. The van der Waals surface area contributed by atoms with E-state index in [0.29, 0.717) is 24.7 Å². The number of ether oxygens (including phenoxy) is 2. The Morgan fingerprint density at radius 3 is 1.38 bits per heavy atom. The number of amides is 4. The first-order valence-corrected chi connectivity index (χ1v) is 23.6. The van der Waals surface area contributed by atoms with Crippen LogP contribution in [-0.2, 0) is 44.7 Å². The summed E-state index contributed by atoms with van der Waals surface area (Å²) in [5, 5.41) is 5.46. The van der Waals surface area contributed by atoms with E-state index in [1.165, 1.54) is 47.6 Å². The van der Waals surface area contributed by atoms with Gasteiger partial charge >= 0.3 is 12.2 Å². The van der Waals surface area contributed by atoms with Gasteiger partial charge in [-0.15, -0.1) is 0 Å². The SMILES string of the molecule is COC(=O)NC(C(=O)N1CC(C)=C[C@H]1c1nc2cc(-c3cc4ccc3CCc3ccc(c(-c5ccc6[nH]c([C@@H]7C=C(C)CN7C(=O)C(NC(=O)OC)C(C)C)nc6c5)c3)CC4)ccc2[nH]1)C(C)C. The Bertz CT molecular complexity index is 2810. The van der Waals surface area contributed by atoms with Crippen LogP contribution in [-0.4, -0.2) is 93.1 Å². The molecule has 4 N–H and O–H groups in total. The zero-order valence-electron chi connectivity index (χ0n) is 40.0. The predicted molar refractivity (Wildman–Crippen MR) is 263 cm³/mol. The molecule has 14 nitrogen and oxygen atoms in total. The molecule has 2 aliphatic heterocycles. The Kier molecular flexibility index (Phi) is 12.7. The second-order valence-corrected chi connectivity index (χ2v) is 19.3. The highest BCUT2D eigenvalue weighted by Gasteiger charge is 2.38. The van der Waals surface area contributed by atoms with E-state index in [0.717, 1.165) is 70.0 Å². The van der Waals surface area contributed by atoms with E-state index in [2.05, 4.69) is 106 Å². The van der Waals surface area contributed by atoms with Crippen LogP contribution in [0.5, 0.6) is 0 Å². The van der Waals surface area contributed by atoms with Gasteiger partial charge in [-0.25, -0.2) is 19.6 Å². The smallest absolute Gasteiger partial charge is 0.407 e. The molecule has 6 aliphatic rings. The molecule has 0 saturated carbocycles. The lowest BCUT2D eigenvalue weighted by atomic mass is 9.87. The molecule has 12 rings (SSSR count). The van der Waals surface area contributed by atoms with Crippen molar-refractivity contribution in [1.29, 1.82) is 0 Å². The van der Waals surface area contributed by atoms with Crippen LogP contribution in [0.3, 0.4) is 0 Å². The van der Waals surface area contributed by atoms with Gasteiger partial charge in [0.05, 0.1) is 36.3 Å². The Balaban J connectivity index is 0.956. The van der Waals surface area contributed by atoms with Gasteiger partial charge in [-0.3, -0.25) is 9.59 Å². The first-order chi connectivity index (χ1) is 32.7. The average Bonchev–Trinajstić information content (AvgIpc) is 4.13. The number of aryl methyl sites for hydroxylation is 4. The number of H-pyrrole nitrogens is 2. The Labute approximate surface area is 396 Å². The maximum absolute atomic E-state index is 13.9. The molecule has 4 aliphatic carbocycles. The van der Waals surface area contributed by atoms with E-state index in [-0.39, 0.29) is 23.7 Å². The maximum atomic E-state index is 13.9. The molecule has 4 atom stereocenters. The highest BCUT2D eigenvalue weighted by Crippen LogP contribution is 2.37. The Hall–Kier alpha value is -7.22. The topological polar surface area (TPSA) is 175 Å². The molecule has 352 valence electrons. The average molecular weight is 917 g/mol. The minimum absolute atomic E-state index is 0.143. The van der Waals surface area contributed by atoms with Gasteiger partial charge in [0, 0.05) is 13.1 Å². The first kappa shape index (κ1) is 45.9. The molecule has 68 heavy (non-hydrogen) atoms. The van der Waals surface area contributed by atoms with E-state index in [1.807, 2.05) is 41.5 Å². The predicted octanol–water partition coefficient (Wildman–Crippen LogP) is 9.08. The van der Waals surface area contributed by atoms with E-state index in [1.54, 1.807) is 9.80 Å². The zero-order valence-corrected chi connectivity index (χ0v) is 40.0. The number of aromatic nitrogens is 4. The van der Waals surface area contributed by atoms with Gasteiger partial charge < -0.3 is 39.9 Å². The van der Waals surface area contributed by atoms with Crippen molar-refractivity contribution in [3.63, 3.8) is 0 Å². The third-order valence-corrected chi connectivity index (χ3v) is 13.6. The van der Waals surface area contributed by atoms with Crippen LogP contribution in [0.2, 0.25) is 0 Å². The highest BCUT2D eigenvalue weighted by atomic mass is 16.5. The summed E-state index contributed by atoms with van der Waals surface area (Å²) in [7, 11) is 2.59. The van der Waals surface area contributed by atoms with Crippen LogP contribution in [0, 0.1) is 11.8 Å². The summed E-state index contributed by atoms with van der Waals surface area (Å²) in [6, 6.07) is 24.2. The van der Waals surface area contributed by atoms with Gasteiger partial charge in [-0.2, -0.15) is 0 Å². The van der Waals surface area contributed by atoms with Crippen LogP contribution in [0.15, 0.2) is 96.1 Å². The lowest BCUT2D eigenvalue weighted by Gasteiger charge is -2.30. The summed E-state index contributed by atoms with van der Waals surface area (Å²) in [6.45, 7) is 12.5. The number of fused-ring (bicyclic) bond motifs is 2. The van der Waals surface area contributed by atoms with E-state index < -0.39 is 36.4 Å². The molecule has 0 spiro atoms. The molecule has 2 unspecified atom stereocenters. The Morgan fingerprint density at radius 2 is 1.00 bits per heavy atom. The number of methoxy groups -OCH3 is 2. The summed E-state index contributed by atoms with van der Waals surface area (Å²) in [4.78, 5) is 72.9. The molecule has 4 heterocycles. The molecule has 2 aromatic heterocycles. The standard InChI is InChI=1S/C54H60N8O6/c1-29(2)47(59-53(65)67-7)51(63)61-27-31(5)21-45(61)49-55-41-19-17-37(25-43(41)57-49)39-23-33-9-13-35(39)15-11-34-10-14-36(16-12-33)40(24-34)38-18-20-42-44(26-38)58-50(56-42)46-22-32(6)28-62(46)52(64)48(30(3)4)60-54(66)68-8/h9-10,13-14,17-26,29-30,45-48H,11-12,15-16,27-28H2,1-8H3,(H,55,57)(H,56,58)(H,59,65)(H,60,66)/t45-,46-,47?,48?/m0/s1. The number of rotatable bonds is 10. The minimum atomic E-state index is -0.739. The van der Waals surface area contributed by atoms with Gasteiger partial charge in [-0.1, -0.05) is 99.5 Å². The van der Waals surface area contributed by atoms with E-state index >= 15 is 0 Å². The summed E-state index contributed by atoms with van der Waals surface area (Å²) in [6.07, 6.45) is 6.24. The van der Waals surface area contributed by atoms with Crippen molar-refractivity contribution in [1.82, 2.24) is 40.4 Å². The van der Waals surface area contributed by atoms with E-state index in [9.17, 15) is 19.2 Å². The monoisotopic (exact) mass is 916 g/mol. The number of imidazole rings is 2. The molecule has 14 heteroatoms. The van der Waals surface area contributed by atoms with E-state index in [4.69, 9.17) is 19.4 Å². The van der Waals surface area contributed by atoms with Gasteiger partial charge in [-0.05, 0) is 120 Å². The minimum Gasteiger partial charge on any atom is -0.453 e. The van der Waals surface area contributed by atoms with Crippen LogP contribution >= 0.6 is 0 Å². The molecule has 0 saturated heterocycles. The van der Waals surface area contributed by atoms with Gasteiger partial charge in [0.15, 0.2) is 0 Å². The molecule has 4 aromatic carbocycles. The molecule has 4 bridgehead atoms. The number of carbonyl (C=O) groups excluding carboxylic acids is 4. The van der Waals surface area contributed by atoms with Crippen molar-refractivity contribution in [2.24, 2.45) is 11.8 Å². The Morgan fingerprint density at radius 1 is 0.588 bits per heavy atom. The highest BCUT2D eigenvalue weighted by molar-refractivity contribution is 5.89. The quantitative estimate of drug-likeness (QED) is 0.0985. The van der Waals surface area contributed by atoms with Crippen molar-refractivity contribution in [2.75, 3.05) is 27.3 Å². The number of carbonyl (C=O) groups is 4. The normalized spacial score (nSPS) is 17.9. The second kappa shape index (κ2) is 18.8. The summed E-state index contributed by atoms with van der Waals surface area (Å²) < 4.78 is 9.65. The molecular weight excluding hydrogens is 857 g/mol. The largest absolute Gasteiger partial charge is 0.453 e. The van der Waals surface area contributed by atoms with Crippen molar-refractivity contribution < 1.29 is 28.7 Å². The molecular formula is C54H60N8O6.